The van der Waals surface area contributed by atoms with Crippen molar-refractivity contribution < 1.29 is 4.79 Å². The Morgan fingerprint density at radius 1 is 1.09 bits per heavy atom. The molecule has 0 bridgehead atoms. The number of imidazole rings is 1. The second kappa shape index (κ2) is 6.70. The van der Waals surface area contributed by atoms with E-state index in [4.69, 9.17) is 5.73 Å². The zero-order valence-corrected chi connectivity index (χ0v) is 12.5. The highest BCUT2D eigenvalue weighted by molar-refractivity contribution is 5.96. The van der Waals surface area contributed by atoms with E-state index >= 15 is 0 Å². The fourth-order valence-electron chi connectivity index (χ4n) is 2.29. The highest BCUT2D eigenvalue weighted by Gasteiger charge is 2.15. The van der Waals surface area contributed by atoms with E-state index in [0.717, 1.165) is 11.1 Å². The minimum atomic E-state index is -0.543. The third-order valence-electron chi connectivity index (χ3n) is 3.38. The summed E-state index contributed by atoms with van der Waals surface area (Å²) < 4.78 is 1.72. The third kappa shape index (κ3) is 3.52. The number of nitrogens with zero attached hydrogens (tertiary/aromatic N) is 3. The normalized spacial score (nSPS) is 11.0. The van der Waals surface area contributed by atoms with Crippen molar-refractivity contribution in [3.8, 4) is 0 Å². The first-order chi connectivity index (χ1) is 11.2. The second-order valence-corrected chi connectivity index (χ2v) is 5.06. The number of hydrogen-bond donors (Lipinski definition) is 1. The maximum atomic E-state index is 11.8. The monoisotopic (exact) mass is 304 g/mol. The van der Waals surface area contributed by atoms with E-state index < -0.39 is 5.91 Å². The van der Waals surface area contributed by atoms with E-state index in [1.807, 2.05) is 60.7 Å². The van der Waals surface area contributed by atoms with Crippen LogP contribution in [0.25, 0.3) is 0 Å². The molecule has 1 heterocycles. The summed E-state index contributed by atoms with van der Waals surface area (Å²) in [6.45, 7) is 0.521. The predicted octanol–water partition coefficient (Wildman–Crippen LogP) is 2.78. The molecule has 3 rings (SSSR count). The zero-order valence-electron chi connectivity index (χ0n) is 12.5. The second-order valence-electron chi connectivity index (χ2n) is 5.06. The van der Waals surface area contributed by atoms with Gasteiger partial charge in [0.15, 0.2) is 11.5 Å². The Morgan fingerprint density at radius 2 is 1.74 bits per heavy atom. The van der Waals surface area contributed by atoms with Crippen molar-refractivity contribution in [1.82, 2.24) is 9.55 Å². The molecule has 2 N–H and O–H groups in total. The zero-order chi connectivity index (χ0) is 16.1. The Labute approximate surface area is 134 Å². The van der Waals surface area contributed by atoms with Crippen molar-refractivity contribution in [3.63, 3.8) is 0 Å². The van der Waals surface area contributed by atoms with Crippen LogP contribution in [0.1, 0.15) is 21.6 Å². The lowest BCUT2D eigenvalue weighted by Crippen LogP contribution is -2.17. The minimum Gasteiger partial charge on any atom is -0.364 e. The molecule has 2 aromatic carbocycles. The molecule has 0 aliphatic rings. The van der Waals surface area contributed by atoms with Gasteiger partial charge in [-0.1, -0.05) is 60.7 Å². The van der Waals surface area contributed by atoms with Crippen LogP contribution in [0.3, 0.4) is 0 Å². The van der Waals surface area contributed by atoms with Gasteiger partial charge in [-0.2, -0.15) is 0 Å². The number of hydrogen-bond acceptors (Lipinski definition) is 3. The molecule has 0 saturated carbocycles. The summed E-state index contributed by atoms with van der Waals surface area (Å²) >= 11 is 0. The molecule has 0 aliphatic heterocycles. The molecule has 0 aliphatic carbocycles. The smallest absolute Gasteiger partial charge is 0.269 e. The maximum absolute atomic E-state index is 11.8. The van der Waals surface area contributed by atoms with Gasteiger partial charge in [0.2, 0.25) is 0 Å². The Balaban J connectivity index is 1.90. The number of aliphatic imine (C=N–C) groups is 1. The average molecular weight is 304 g/mol. The van der Waals surface area contributed by atoms with E-state index in [1.165, 1.54) is 0 Å². The molecule has 0 fully saturated rings. The van der Waals surface area contributed by atoms with Crippen LogP contribution >= 0.6 is 0 Å². The summed E-state index contributed by atoms with van der Waals surface area (Å²) in [6, 6.07) is 19.4. The SMILES string of the molecule is NC(=O)c1c(/N=C/c2ccccc2)ncn1Cc1ccccc1. The molecule has 0 unspecified atom stereocenters. The van der Waals surface area contributed by atoms with E-state index in [9.17, 15) is 4.79 Å². The van der Waals surface area contributed by atoms with E-state index in [2.05, 4.69) is 9.98 Å². The summed E-state index contributed by atoms with van der Waals surface area (Å²) in [4.78, 5) is 20.3. The highest BCUT2D eigenvalue weighted by atomic mass is 16.1. The number of amides is 1. The molecule has 0 spiro atoms. The van der Waals surface area contributed by atoms with Gasteiger partial charge in [0.1, 0.15) is 0 Å². The molecule has 3 aromatic rings. The van der Waals surface area contributed by atoms with Gasteiger partial charge < -0.3 is 10.3 Å². The molecule has 0 saturated heterocycles. The molecular weight excluding hydrogens is 288 g/mol. The Bertz CT molecular complexity index is 823. The van der Waals surface area contributed by atoms with E-state index in [-0.39, 0.29) is 0 Å². The van der Waals surface area contributed by atoms with Crippen LogP contribution in [0.2, 0.25) is 0 Å². The number of carbonyl (C=O) groups is 1. The molecular formula is C18H16N4O. The first-order valence-electron chi connectivity index (χ1n) is 7.22. The molecule has 0 radical (unpaired) electrons. The van der Waals surface area contributed by atoms with Crippen LogP contribution in [-0.2, 0) is 6.54 Å². The largest absolute Gasteiger partial charge is 0.364 e. The van der Waals surface area contributed by atoms with Gasteiger partial charge in [-0.15, -0.1) is 0 Å². The number of nitrogens with two attached hydrogens (primary N) is 1. The molecule has 1 amide bonds. The van der Waals surface area contributed by atoms with Crippen molar-refractivity contribution in [2.24, 2.45) is 10.7 Å². The lowest BCUT2D eigenvalue weighted by Gasteiger charge is -2.06. The van der Waals surface area contributed by atoms with Crippen LogP contribution < -0.4 is 5.73 Å². The van der Waals surface area contributed by atoms with Crippen LogP contribution in [0.4, 0.5) is 5.82 Å². The summed E-state index contributed by atoms with van der Waals surface area (Å²) in [5, 5.41) is 0. The Kier molecular flexibility index (Phi) is 4.29. The molecule has 23 heavy (non-hydrogen) atoms. The van der Waals surface area contributed by atoms with Crippen molar-refractivity contribution in [3.05, 3.63) is 83.8 Å². The van der Waals surface area contributed by atoms with Gasteiger partial charge in [-0.3, -0.25) is 4.79 Å². The first-order valence-corrected chi connectivity index (χ1v) is 7.22. The summed E-state index contributed by atoms with van der Waals surface area (Å²) in [6.07, 6.45) is 3.26. The highest BCUT2D eigenvalue weighted by Crippen LogP contribution is 2.18. The van der Waals surface area contributed by atoms with Crippen molar-refractivity contribution in [2.75, 3.05) is 0 Å². The summed E-state index contributed by atoms with van der Waals surface area (Å²) in [7, 11) is 0. The molecule has 5 nitrogen and oxygen atoms in total. The van der Waals surface area contributed by atoms with Gasteiger partial charge in [-0.25, -0.2) is 9.98 Å². The lowest BCUT2D eigenvalue weighted by atomic mass is 10.2. The third-order valence-corrected chi connectivity index (χ3v) is 3.38. The summed E-state index contributed by atoms with van der Waals surface area (Å²) in [5.74, 6) is -0.212. The van der Waals surface area contributed by atoms with Crippen molar-refractivity contribution in [2.45, 2.75) is 6.54 Å². The number of rotatable bonds is 5. The summed E-state index contributed by atoms with van der Waals surface area (Å²) in [5.41, 5.74) is 7.81. The first kappa shape index (κ1) is 14.7. The van der Waals surface area contributed by atoms with Crippen LogP contribution in [0.5, 0.6) is 0 Å². The van der Waals surface area contributed by atoms with Gasteiger partial charge in [0.05, 0.1) is 6.33 Å². The fourth-order valence-corrected chi connectivity index (χ4v) is 2.29. The molecule has 114 valence electrons. The molecule has 5 heteroatoms. The van der Waals surface area contributed by atoms with Gasteiger partial charge in [-0.05, 0) is 11.1 Å². The lowest BCUT2D eigenvalue weighted by molar-refractivity contribution is 0.0992. The van der Waals surface area contributed by atoms with Crippen LogP contribution in [-0.4, -0.2) is 21.7 Å². The fraction of sp³-hybridized carbons (Fsp3) is 0.0556. The van der Waals surface area contributed by atoms with E-state index in [1.54, 1.807) is 17.1 Å². The van der Waals surface area contributed by atoms with Crippen molar-refractivity contribution >= 4 is 17.9 Å². The van der Waals surface area contributed by atoms with Gasteiger partial charge in [0.25, 0.3) is 5.91 Å². The number of aromatic nitrogens is 2. The van der Waals surface area contributed by atoms with E-state index in [0.29, 0.717) is 18.1 Å². The van der Waals surface area contributed by atoms with Crippen LogP contribution in [0.15, 0.2) is 72.0 Å². The number of carbonyl (C=O) groups excluding carboxylic acids is 1. The molecule has 1 aromatic heterocycles. The standard InChI is InChI=1S/C18H16N4O/c19-17(23)16-18(20-11-14-7-3-1-4-8-14)21-13-22(16)12-15-9-5-2-6-10-15/h1-11,13H,12H2,(H2,19,23)/b20-11+. The molecule has 0 atom stereocenters. The number of primary amides is 1. The van der Waals surface area contributed by atoms with Gasteiger partial charge >= 0.3 is 0 Å². The van der Waals surface area contributed by atoms with Crippen LogP contribution in [0, 0.1) is 0 Å². The minimum absolute atomic E-state index is 0.307. The van der Waals surface area contributed by atoms with Crippen molar-refractivity contribution in [1.29, 1.82) is 0 Å². The quantitative estimate of drug-likeness (QED) is 0.736. The number of benzene rings is 2. The Morgan fingerprint density at radius 3 is 2.39 bits per heavy atom. The average Bonchev–Trinajstić information content (AvgIpc) is 2.98. The Hall–Kier alpha value is -3.21. The predicted molar refractivity (Wildman–Crippen MR) is 90.0 cm³/mol. The van der Waals surface area contributed by atoms with Gasteiger partial charge in [0, 0.05) is 12.8 Å². The maximum Gasteiger partial charge on any atom is 0.269 e. The topological polar surface area (TPSA) is 73.3 Å².